The van der Waals surface area contributed by atoms with Crippen molar-refractivity contribution in [3.05, 3.63) is 82.1 Å². The fourth-order valence-electron chi connectivity index (χ4n) is 3.26. The van der Waals surface area contributed by atoms with E-state index in [9.17, 15) is 4.79 Å². The van der Waals surface area contributed by atoms with Gasteiger partial charge in [0.2, 0.25) is 0 Å². The molecule has 5 nitrogen and oxygen atoms in total. The summed E-state index contributed by atoms with van der Waals surface area (Å²) in [5.41, 5.74) is 4.33. The minimum absolute atomic E-state index is 0.107. The molecule has 0 aliphatic carbocycles. The maximum Gasteiger partial charge on any atom is 0.276 e. The van der Waals surface area contributed by atoms with Crippen LogP contribution in [0.5, 0.6) is 0 Å². The first-order valence-electron chi connectivity index (χ1n) is 9.34. The number of carbonyl (C=O) groups excluding carboxylic acids is 1. The van der Waals surface area contributed by atoms with Gasteiger partial charge in [0.25, 0.3) is 5.91 Å². The molecule has 144 valence electrons. The highest BCUT2D eigenvalue weighted by Gasteiger charge is 2.24. The average Bonchev–Trinajstić information content (AvgIpc) is 3.12. The first-order chi connectivity index (χ1) is 13.5. The van der Waals surface area contributed by atoms with E-state index in [2.05, 4.69) is 24.3 Å². The zero-order valence-corrected chi connectivity index (χ0v) is 16.6. The lowest BCUT2D eigenvalue weighted by atomic mass is 10.0. The minimum atomic E-state index is -0.220. The molecule has 0 spiro atoms. The predicted molar refractivity (Wildman–Crippen MR) is 110 cm³/mol. The lowest BCUT2D eigenvalue weighted by molar-refractivity contribution is -0.00118. The maximum atomic E-state index is 12.6. The molecule has 1 aliphatic heterocycles. The van der Waals surface area contributed by atoms with Gasteiger partial charge in [-0.2, -0.15) is 5.10 Å². The van der Waals surface area contributed by atoms with Crippen molar-refractivity contribution in [3.63, 3.8) is 0 Å². The van der Waals surface area contributed by atoms with Gasteiger partial charge in [0, 0.05) is 10.7 Å². The van der Waals surface area contributed by atoms with Gasteiger partial charge in [0.05, 0.1) is 18.8 Å². The summed E-state index contributed by atoms with van der Waals surface area (Å²) in [6.07, 6.45) is -0.107. The summed E-state index contributed by atoms with van der Waals surface area (Å²) in [6, 6.07) is 17.3. The van der Waals surface area contributed by atoms with Crippen LogP contribution in [0.3, 0.4) is 0 Å². The standard InChI is InChI=1S/C22H22ClN3O2/c1-14(2)15-5-9-18(10-6-15)24-22(27)20-11-19-13-28-21(12-26(19)25-20)16-3-7-17(23)8-4-16/h3-11,14,21H,12-13H2,1-2H3,(H,24,27)/t21-/m1/s1. The lowest BCUT2D eigenvalue weighted by Gasteiger charge is -2.24. The summed E-state index contributed by atoms with van der Waals surface area (Å²) in [5, 5.41) is 8.09. The molecule has 28 heavy (non-hydrogen) atoms. The molecule has 3 aromatic rings. The number of ether oxygens (including phenoxy) is 1. The predicted octanol–water partition coefficient (Wildman–Crippen LogP) is 5.18. The third kappa shape index (κ3) is 3.96. The molecule has 4 rings (SSSR count). The number of nitrogens with one attached hydrogen (secondary N) is 1. The van der Waals surface area contributed by atoms with Crippen LogP contribution < -0.4 is 5.32 Å². The third-order valence-electron chi connectivity index (χ3n) is 4.94. The quantitative estimate of drug-likeness (QED) is 0.661. The zero-order chi connectivity index (χ0) is 19.7. The van der Waals surface area contributed by atoms with Gasteiger partial charge in [-0.25, -0.2) is 0 Å². The van der Waals surface area contributed by atoms with Gasteiger partial charge in [-0.3, -0.25) is 9.48 Å². The Balaban J connectivity index is 1.46. The molecule has 6 heteroatoms. The van der Waals surface area contributed by atoms with Crippen molar-refractivity contribution in [3.8, 4) is 0 Å². The van der Waals surface area contributed by atoms with E-state index in [1.54, 1.807) is 6.07 Å². The van der Waals surface area contributed by atoms with Crippen molar-refractivity contribution < 1.29 is 9.53 Å². The maximum absolute atomic E-state index is 12.6. The highest BCUT2D eigenvalue weighted by molar-refractivity contribution is 6.30. The van der Waals surface area contributed by atoms with E-state index in [0.29, 0.717) is 29.8 Å². The number of amides is 1. The van der Waals surface area contributed by atoms with E-state index in [4.69, 9.17) is 16.3 Å². The highest BCUT2D eigenvalue weighted by atomic mass is 35.5. The van der Waals surface area contributed by atoms with Crippen LogP contribution >= 0.6 is 11.6 Å². The monoisotopic (exact) mass is 395 g/mol. The van der Waals surface area contributed by atoms with Crippen LogP contribution in [0.4, 0.5) is 5.69 Å². The second kappa shape index (κ2) is 7.78. The Labute approximate surface area is 169 Å². The van der Waals surface area contributed by atoms with Gasteiger partial charge in [-0.05, 0) is 47.4 Å². The molecular weight excluding hydrogens is 374 g/mol. The van der Waals surface area contributed by atoms with Gasteiger partial charge in [0.1, 0.15) is 6.10 Å². The molecule has 0 fully saturated rings. The largest absolute Gasteiger partial charge is 0.365 e. The molecule has 1 aromatic heterocycles. The normalized spacial score (nSPS) is 16.1. The van der Waals surface area contributed by atoms with Crippen LogP contribution in [0.2, 0.25) is 5.02 Å². The zero-order valence-electron chi connectivity index (χ0n) is 15.9. The number of aromatic nitrogens is 2. The molecule has 0 saturated heterocycles. The van der Waals surface area contributed by atoms with Gasteiger partial charge >= 0.3 is 0 Å². The van der Waals surface area contributed by atoms with Gasteiger partial charge < -0.3 is 10.1 Å². The summed E-state index contributed by atoms with van der Waals surface area (Å²) < 4.78 is 7.79. The van der Waals surface area contributed by atoms with E-state index in [0.717, 1.165) is 16.9 Å². The SMILES string of the molecule is CC(C)c1ccc(NC(=O)c2cc3n(n2)C[C@H](c2ccc(Cl)cc2)OC3)cc1. The van der Waals surface area contributed by atoms with Gasteiger partial charge in [-0.1, -0.05) is 49.7 Å². The summed E-state index contributed by atoms with van der Waals surface area (Å²) in [4.78, 5) is 12.6. The topological polar surface area (TPSA) is 56.2 Å². The van der Waals surface area contributed by atoms with Crippen molar-refractivity contribution in [2.75, 3.05) is 5.32 Å². The van der Waals surface area contributed by atoms with Gasteiger partial charge in [-0.15, -0.1) is 0 Å². The molecule has 0 unspecified atom stereocenters. The Bertz CT molecular complexity index is 978. The van der Waals surface area contributed by atoms with Crippen LogP contribution in [0.25, 0.3) is 0 Å². The van der Waals surface area contributed by atoms with Crippen LogP contribution in [0.1, 0.15) is 53.2 Å². The van der Waals surface area contributed by atoms with Crippen molar-refractivity contribution in [1.29, 1.82) is 0 Å². The van der Waals surface area contributed by atoms with E-state index >= 15 is 0 Å². The van der Waals surface area contributed by atoms with Crippen LogP contribution in [0, 0.1) is 0 Å². The van der Waals surface area contributed by atoms with Gasteiger partial charge in [0.15, 0.2) is 5.69 Å². The molecule has 1 amide bonds. The molecule has 0 radical (unpaired) electrons. The molecular formula is C22H22ClN3O2. The van der Waals surface area contributed by atoms with Crippen molar-refractivity contribution in [2.45, 2.75) is 39.0 Å². The molecule has 1 atom stereocenters. The number of hydrogen-bond acceptors (Lipinski definition) is 3. The van der Waals surface area contributed by atoms with Crippen LogP contribution in [0.15, 0.2) is 54.6 Å². The lowest BCUT2D eigenvalue weighted by Crippen LogP contribution is -2.22. The minimum Gasteiger partial charge on any atom is -0.365 e. The van der Waals surface area contributed by atoms with E-state index in [-0.39, 0.29) is 12.0 Å². The molecule has 1 aliphatic rings. The number of nitrogens with zero attached hydrogens (tertiary/aromatic N) is 2. The van der Waals surface area contributed by atoms with E-state index in [1.807, 2.05) is 53.2 Å². The summed E-state index contributed by atoms with van der Waals surface area (Å²) in [7, 11) is 0. The average molecular weight is 396 g/mol. The second-order valence-corrected chi connectivity index (χ2v) is 7.72. The number of carbonyl (C=O) groups is 1. The Morgan fingerprint density at radius 1 is 1.18 bits per heavy atom. The number of fused-ring (bicyclic) bond motifs is 1. The first-order valence-corrected chi connectivity index (χ1v) is 9.72. The van der Waals surface area contributed by atoms with Crippen LogP contribution in [-0.4, -0.2) is 15.7 Å². The third-order valence-corrected chi connectivity index (χ3v) is 5.20. The molecule has 0 saturated carbocycles. The van der Waals surface area contributed by atoms with E-state index < -0.39 is 0 Å². The van der Waals surface area contributed by atoms with E-state index in [1.165, 1.54) is 5.56 Å². The van der Waals surface area contributed by atoms with Crippen molar-refractivity contribution in [2.24, 2.45) is 0 Å². The summed E-state index contributed by atoms with van der Waals surface area (Å²) >= 11 is 5.96. The Morgan fingerprint density at radius 2 is 1.89 bits per heavy atom. The second-order valence-electron chi connectivity index (χ2n) is 7.29. The Kier molecular flexibility index (Phi) is 5.20. The Morgan fingerprint density at radius 3 is 2.57 bits per heavy atom. The molecule has 0 bridgehead atoms. The van der Waals surface area contributed by atoms with Crippen molar-refractivity contribution >= 4 is 23.2 Å². The van der Waals surface area contributed by atoms with Crippen molar-refractivity contribution in [1.82, 2.24) is 9.78 Å². The van der Waals surface area contributed by atoms with Crippen LogP contribution in [-0.2, 0) is 17.9 Å². The summed E-state index contributed by atoms with van der Waals surface area (Å²) in [5.74, 6) is 0.237. The number of halogens is 1. The number of hydrogen-bond donors (Lipinski definition) is 1. The number of anilines is 1. The number of benzene rings is 2. The Hall–Kier alpha value is -2.63. The smallest absolute Gasteiger partial charge is 0.276 e. The molecule has 2 heterocycles. The first kappa shape index (κ1) is 18.7. The number of rotatable bonds is 4. The molecule has 2 aromatic carbocycles. The fourth-order valence-corrected chi connectivity index (χ4v) is 3.39. The fraction of sp³-hybridized carbons (Fsp3) is 0.273. The summed E-state index contributed by atoms with van der Waals surface area (Å²) in [6.45, 7) is 5.26. The molecule has 1 N–H and O–H groups in total. The highest BCUT2D eigenvalue weighted by Crippen LogP contribution is 2.27.